The summed E-state index contributed by atoms with van der Waals surface area (Å²) in [5, 5.41) is 0.244. The standard InChI is InChI=1S/C23H40O4Si/c1-18-14-16-24-19(17-18)12-13-21-20(26-23(5,6)27-21)11-9-10-15-25-28(7,8)22(2,3)4/h9,11-14,19-21H,10,15-17H2,1-8H3/b11-9-,13-12+/t19-,20+,21+/m1/s1. The second-order valence-corrected chi connectivity index (χ2v) is 14.7. The summed E-state index contributed by atoms with van der Waals surface area (Å²) < 4.78 is 24.2. The number of rotatable bonds is 7. The lowest BCUT2D eigenvalue weighted by Gasteiger charge is -2.36. The minimum absolute atomic E-state index is 0.0839. The minimum atomic E-state index is -1.68. The van der Waals surface area contributed by atoms with E-state index in [1.807, 2.05) is 13.8 Å². The molecular formula is C23H40O4Si. The molecule has 0 bridgehead atoms. The Hall–Kier alpha value is -0.723. The van der Waals surface area contributed by atoms with Gasteiger partial charge in [-0.25, -0.2) is 0 Å². The maximum absolute atomic E-state index is 6.24. The summed E-state index contributed by atoms with van der Waals surface area (Å²) in [5.41, 5.74) is 1.38. The fourth-order valence-electron chi connectivity index (χ4n) is 3.07. The highest BCUT2D eigenvalue weighted by molar-refractivity contribution is 6.74. The second kappa shape index (κ2) is 9.39. The van der Waals surface area contributed by atoms with E-state index in [1.54, 1.807) is 0 Å². The molecule has 0 aromatic rings. The van der Waals surface area contributed by atoms with Crippen LogP contribution < -0.4 is 0 Å². The van der Waals surface area contributed by atoms with Crippen LogP contribution >= 0.6 is 0 Å². The van der Waals surface area contributed by atoms with Crippen molar-refractivity contribution in [1.29, 1.82) is 0 Å². The first kappa shape index (κ1) is 23.6. The molecule has 28 heavy (non-hydrogen) atoms. The molecular weight excluding hydrogens is 368 g/mol. The molecule has 2 aliphatic rings. The Morgan fingerprint density at radius 3 is 2.39 bits per heavy atom. The molecule has 0 N–H and O–H groups in total. The lowest BCUT2D eigenvalue weighted by Crippen LogP contribution is -2.40. The summed E-state index contributed by atoms with van der Waals surface area (Å²) in [6, 6.07) is 0. The van der Waals surface area contributed by atoms with Gasteiger partial charge in [0.25, 0.3) is 0 Å². The van der Waals surface area contributed by atoms with Crippen LogP contribution in [-0.2, 0) is 18.6 Å². The average Bonchev–Trinajstić information content (AvgIpc) is 2.85. The first-order valence-corrected chi connectivity index (χ1v) is 13.4. The van der Waals surface area contributed by atoms with Gasteiger partial charge >= 0.3 is 0 Å². The first-order chi connectivity index (χ1) is 12.9. The maximum Gasteiger partial charge on any atom is 0.191 e. The van der Waals surface area contributed by atoms with Crippen LogP contribution in [0.3, 0.4) is 0 Å². The largest absolute Gasteiger partial charge is 0.417 e. The van der Waals surface area contributed by atoms with E-state index in [-0.39, 0.29) is 23.4 Å². The van der Waals surface area contributed by atoms with Crippen molar-refractivity contribution < 1.29 is 18.6 Å². The summed E-state index contributed by atoms with van der Waals surface area (Å²) >= 11 is 0. The molecule has 0 amide bonds. The van der Waals surface area contributed by atoms with Crippen molar-refractivity contribution in [2.75, 3.05) is 13.2 Å². The minimum Gasteiger partial charge on any atom is -0.417 e. The Kier molecular flexibility index (Phi) is 7.90. The second-order valence-electron chi connectivity index (χ2n) is 9.90. The summed E-state index contributed by atoms with van der Waals surface area (Å²) in [6.07, 6.45) is 12.4. The summed E-state index contributed by atoms with van der Waals surface area (Å²) in [7, 11) is -1.68. The Morgan fingerprint density at radius 1 is 1.14 bits per heavy atom. The normalized spacial score (nSPS) is 29.0. The molecule has 2 heterocycles. The van der Waals surface area contributed by atoms with Gasteiger partial charge in [0.1, 0.15) is 12.2 Å². The molecule has 0 spiro atoms. The van der Waals surface area contributed by atoms with Crippen LogP contribution in [0.5, 0.6) is 0 Å². The Morgan fingerprint density at radius 2 is 1.79 bits per heavy atom. The van der Waals surface area contributed by atoms with E-state index in [4.69, 9.17) is 18.6 Å². The maximum atomic E-state index is 6.24. The van der Waals surface area contributed by atoms with Crippen LogP contribution in [0.2, 0.25) is 18.1 Å². The van der Waals surface area contributed by atoms with E-state index >= 15 is 0 Å². The smallest absolute Gasteiger partial charge is 0.191 e. The van der Waals surface area contributed by atoms with E-state index in [0.717, 1.165) is 19.4 Å². The van der Waals surface area contributed by atoms with Crippen LogP contribution in [0.1, 0.15) is 54.4 Å². The summed E-state index contributed by atoms with van der Waals surface area (Å²) in [5.74, 6) is -0.578. The molecule has 2 aliphatic heterocycles. The lowest BCUT2D eigenvalue weighted by molar-refractivity contribution is -0.139. The summed E-state index contributed by atoms with van der Waals surface area (Å²) in [4.78, 5) is 0. The predicted octanol–water partition coefficient (Wildman–Crippen LogP) is 5.77. The van der Waals surface area contributed by atoms with Gasteiger partial charge in [-0.15, -0.1) is 0 Å². The molecule has 0 radical (unpaired) electrons. The van der Waals surface area contributed by atoms with Crippen LogP contribution in [0.4, 0.5) is 0 Å². The zero-order valence-corrected chi connectivity index (χ0v) is 20.1. The van der Waals surface area contributed by atoms with Crippen molar-refractivity contribution in [3.05, 3.63) is 36.0 Å². The fourth-order valence-corrected chi connectivity index (χ4v) is 4.14. The molecule has 1 fully saturated rings. The molecule has 0 aliphatic carbocycles. The van der Waals surface area contributed by atoms with Gasteiger partial charge in [-0.05, 0) is 51.7 Å². The highest BCUT2D eigenvalue weighted by Gasteiger charge is 2.39. The first-order valence-electron chi connectivity index (χ1n) is 10.5. The topological polar surface area (TPSA) is 36.9 Å². The summed E-state index contributed by atoms with van der Waals surface area (Å²) in [6.45, 7) is 18.9. The third-order valence-corrected chi connectivity index (χ3v) is 10.4. The molecule has 0 unspecified atom stereocenters. The highest BCUT2D eigenvalue weighted by Crippen LogP contribution is 2.36. The fraction of sp³-hybridized carbons (Fsp3) is 0.739. The lowest BCUT2D eigenvalue weighted by atomic mass is 10.1. The van der Waals surface area contributed by atoms with Crippen molar-refractivity contribution in [1.82, 2.24) is 0 Å². The molecule has 3 atom stereocenters. The van der Waals surface area contributed by atoms with Crippen molar-refractivity contribution >= 4 is 8.32 Å². The van der Waals surface area contributed by atoms with Gasteiger partial charge in [0, 0.05) is 6.61 Å². The van der Waals surface area contributed by atoms with E-state index in [1.165, 1.54) is 5.57 Å². The zero-order chi connectivity index (χ0) is 21.0. The van der Waals surface area contributed by atoms with Crippen molar-refractivity contribution in [3.63, 3.8) is 0 Å². The molecule has 0 saturated carbocycles. The molecule has 0 aromatic carbocycles. The SMILES string of the molecule is CC1=CCO[C@H](/C=C/[C@@H]2OC(C)(C)O[C@H]2/C=C\CCO[Si](C)(C)C(C)(C)C)C1. The zero-order valence-electron chi connectivity index (χ0n) is 19.1. The molecule has 2 rings (SSSR count). The van der Waals surface area contributed by atoms with Crippen molar-refractivity contribution in [2.24, 2.45) is 0 Å². The molecule has 4 nitrogen and oxygen atoms in total. The van der Waals surface area contributed by atoms with Crippen molar-refractivity contribution in [3.8, 4) is 0 Å². The molecule has 1 saturated heterocycles. The van der Waals surface area contributed by atoms with E-state index in [9.17, 15) is 0 Å². The molecule has 5 heteroatoms. The van der Waals surface area contributed by atoms with Gasteiger partial charge in [-0.1, -0.05) is 56.7 Å². The monoisotopic (exact) mass is 408 g/mol. The van der Waals surface area contributed by atoms with Gasteiger partial charge in [0.2, 0.25) is 0 Å². The van der Waals surface area contributed by atoms with Gasteiger partial charge in [0.15, 0.2) is 14.1 Å². The Labute approximate surface area is 173 Å². The van der Waals surface area contributed by atoms with Gasteiger partial charge in [0.05, 0.1) is 12.7 Å². The van der Waals surface area contributed by atoms with Crippen molar-refractivity contribution in [2.45, 2.75) is 96.6 Å². The predicted molar refractivity (Wildman–Crippen MR) is 118 cm³/mol. The van der Waals surface area contributed by atoms with Crippen LogP contribution in [0.25, 0.3) is 0 Å². The number of ether oxygens (including phenoxy) is 3. The molecule has 160 valence electrons. The van der Waals surface area contributed by atoms with Gasteiger partial charge in [-0.2, -0.15) is 0 Å². The third-order valence-electron chi connectivity index (χ3n) is 5.82. The van der Waals surface area contributed by atoms with Crippen LogP contribution in [0, 0.1) is 0 Å². The van der Waals surface area contributed by atoms with E-state index < -0.39 is 14.1 Å². The van der Waals surface area contributed by atoms with Crippen LogP contribution in [-0.4, -0.2) is 45.6 Å². The number of hydrogen-bond acceptors (Lipinski definition) is 4. The Bertz CT molecular complexity index is 598. The van der Waals surface area contributed by atoms with Gasteiger partial charge in [-0.3, -0.25) is 0 Å². The third kappa shape index (κ3) is 6.96. The quantitative estimate of drug-likeness (QED) is 0.305. The van der Waals surface area contributed by atoms with E-state index in [2.05, 4.69) is 71.2 Å². The highest BCUT2D eigenvalue weighted by atomic mass is 28.4. The Balaban J connectivity index is 1.87. The number of hydrogen-bond donors (Lipinski definition) is 0. The van der Waals surface area contributed by atoms with Crippen LogP contribution in [0.15, 0.2) is 36.0 Å². The van der Waals surface area contributed by atoms with Gasteiger partial charge < -0.3 is 18.6 Å². The van der Waals surface area contributed by atoms with E-state index in [0.29, 0.717) is 6.61 Å². The average molecular weight is 409 g/mol. The molecule has 0 aromatic heterocycles.